The fraction of sp³-hybridized carbons (Fsp3) is 0.364. The number of carbonyl (C=O) groups excluding carboxylic acids is 2. The van der Waals surface area contributed by atoms with Gasteiger partial charge in [-0.05, 0) is 36.8 Å². The number of amides is 1. The van der Waals surface area contributed by atoms with Crippen LogP contribution in [0.2, 0.25) is 0 Å². The van der Waals surface area contributed by atoms with E-state index in [9.17, 15) is 18.0 Å². The SMILES string of the molecule is CCN(CC)S(=O)(=O)c1cc(NC(=O)COC(=O)c2c(OC)cccc2OC)ccc1C. The van der Waals surface area contributed by atoms with Crippen molar-refractivity contribution in [2.75, 3.05) is 39.2 Å². The lowest BCUT2D eigenvalue weighted by molar-refractivity contribution is -0.119. The molecule has 0 radical (unpaired) electrons. The Morgan fingerprint density at radius 3 is 2.12 bits per heavy atom. The molecule has 0 aliphatic rings. The van der Waals surface area contributed by atoms with Gasteiger partial charge in [-0.2, -0.15) is 4.31 Å². The molecule has 0 atom stereocenters. The molecule has 32 heavy (non-hydrogen) atoms. The van der Waals surface area contributed by atoms with Gasteiger partial charge in [0.05, 0.1) is 19.1 Å². The standard InChI is InChI=1S/C22H28N2O7S/c1-6-24(7-2)32(27,28)19-13-16(12-11-15(19)3)23-20(25)14-31-22(26)21-17(29-4)9-8-10-18(21)30-5/h8-13H,6-7,14H2,1-5H3,(H,23,25). The summed E-state index contributed by atoms with van der Waals surface area (Å²) in [4.78, 5) is 24.9. The summed E-state index contributed by atoms with van der Waals surface area (Å²) in [6.45, 7) is 5.28. The zero-order valence-corrected chi connectivity index (χ0v) is 19.6. The lowest BCUT2D eigenvalue weighted by Crippen LogP contribution is -2.31. The zero-order chi connectivity index (χ0) is 23.9. The van der Waals surface area contributed by atoms with Crippen LogP contribution >= 0.6 is 0 Å². The molecular weight excluding hydrogens is 436 g/mol. The number of nitrogens with one attached hydrogen (secondary N) is 1. The Bertz CT molecular complexity index is 1060. The highest BCUT2D eigenvalue weighted by molar-refractivity contribution is 7.89. The van der Waals surface area contributed by atoms with Crippen LogP contribution in [0.4, 0.5) is 5.69 Å². The topological polar surface area (TPSA) is 111 Å². The molecule has 0 spiro atoms. The average Bonchev–Trinajstić information content (AvgIpc) is 2.78. The van der Waals surface area contributed by atoms with E-state index in [1.807, 2.05) is 0 Å². The number of methoxy groups -OCH3 is 2. The summed E-state index contributed by atoms with van der Waals surface area (Å²) in [6.07, 6.45) is 0. The summed E-state index contributed by atoms with van der Waals surface area (Å²) in [7, 11) is -0.894. The summed E-state index contributed by atoms with van der Waals surface area (Å²) in [5.74, 6) is -0.913. The smallest absolute Gasteiger partial charge is 0.346 e. The zero-order valence-electron chi connectivity index (χ0n) is 18.8. The second-order valence-electron chi connectivity index (χ2n) is 6.73. The van der Waals surface area contributed by atoms with Crippen molar-refractivity contribution in [3.8, 4) is 11.5 Å². The molecule has 0 aliphatic carbocycles. The monoisotopic (exact) mass is 464 g/mol. The Labute approximate surface area is 188 Å². The van der Waals surface area contributed by atoms with Crippen LogP contribution in [-0.2, 0) is 19.6 Å². The average molecular weight is 465 g/mol. The molecule has 0 aromatic heterocycles. The molecule has 0 saturated heterocycles. The van der Waals surface area contributed by atoms with E-state index in [1.165, 1.54) is 24.6 Å². The van der Waals surface area contributed by atoms with Gasteiger partial charge in [0.2, 0.25) is 10.0 Å². The van der Waals surface area contributed by atoms with Crippen molar-refractivity contribution in [2.24, 2.45) is 0 Å². The fourth-order valence-corrected chi connectivity index (χ4v) is 4.82. The molecule has 9 nitrogen and oxygen atoms in total. The van der Waals surface area contributed by atoms with Gasteiger partial charge in [-0.3, -0.25) is 4.79 Å². The Morgan fingerprint density at radius 2 is 1.59 bits per heavy atom. The first-order valence-electron chi connectivity index (χ1n) is 9.98. The third kappa shape index (κ3) is 5.57. The number of benzene rings is 2. The van der Waals surface area contributed by atoms with Crippen LogP contribution in [0.15, 0.2) is 41.3 Å². The molecular formula is C22H28N2O7S. The molecule has 0 fully saturated rings. The van der Waals surface area contributed by atoms with E-state index in [1.54, 1.807) is 51.1 Å². The van der Waals surface area contributed by atoms with Crippen LogP contribution in [0, 0.1) is 6.92 Å². The summed E-state index contributed by atoms with van der Waals surface area (Å²) >= 11 is 0. The molecule has 2 aromatic rings. The van der Waals surface area contributed by atoms with E-state index >= 15 is 0 Å². The first kappa shape index (κ1) is 25.2. The fourth-order valence-electron chi connectivity index (χ4n) is 3.11. The highest BCUT2D eigenvalue weighted by Gasteiger charge is 2.24. The van der Waals surface area contributed by atoms with Crippen molar-refractivity contribution < 1.29 is 32.2 Å². The number of hydrogen-bond acceptors (Lipinski definition) is 7. The second kappa shape index (κ2) is 11.0. The third-order valence-electron chi connectivity index (χ3n) is 4.76. The highest BCUT2D eigenvalue weighted by Crippen LogP contribution is 2.29. The quantitative estimate of drug-likeness (QED) is 0.538. The Hall–Kier alpha value is -3.11. The maximum atomic E-state index is 12.9. The van der Waals surface area contributed by atoms with E-state index < -0.39 is 28.5 Å². The van der Waals surface area contributed by atoms with E-state index in [0.717, 1.165) is 0 Å². The van der Waals surface area contributed by atoms with Crippen LogP contribution in [0.25, 0.3) is 0 Å². The molecule has 174 valence electrons. The largest absolute Gasteiger partial charge is 0.496 e. The van der Waals surface area contributed by atoms with E-state index in [0.29, 0.717) is 18.7 Å². The highest BCUT2D eigenvalue weighted by atomic mass is 32.2. The molecule has 0 heterocycles. The van der Waals surface area contributed by atoms with E-state index in [4.69, 9.17) is 14.2 Å². The molecule has 0 saturated carbocycles. The minimum Gasteiger partial charge on any atom is -0.496 e. The van der Waals surface area contributed by atoms with Gasteiger partial charge in [-0.25, -0.2) is 13.2 Å². The summed E-state index contributed by atoms with van der Waals surface area (Å²) in [5, 5.41) is 2.56. The third-order valence-corrected chi connectivity index (χ3v) is 6.95. The number of ether oxygens (including phenoxy) is 3. The van der Waals surface area contributed by atoms with Crippen LogP contribution in [0.1, 0.15) is 29.8 Å². The second-order valence-corrected chi connectivity index (χ2v) is 8.64. The van der Waals surface area contributed by atoms with Gasteiger partial charge in [-0.1, -0.05) is 26.0 Å². The van der Waals surface area contributed by atoms with Crippen molar-refractivity contribution in [1.82, 2.24) is 4.31 Å². The van der Waals surface area contributed by atoms with Crippen molar-refractivity contribution in [2.45, 2.75) is 25.7 Å². The van der Waals surface area contributed by atoms with Gasteiger partial charge in [0.1, 0.15) is 17.1 Å². The first-order chi connectivity index (χ1) is 15.2. The number of sulfonamides is 1. The first-order valence-corrected chi connectivity index (χ1v) is 11.4. The van der Waals surface area contributed by atoms with Gasteiger partial charge in [0, 0.05) is 18.8 Å². The Balaban J connectivity index is 2.14. The predicted molar refractivity (Wildman–Crippen MR) is 120 cm³/mol. The molecule has 0 aliphatic heterocycles. The van der Waals surface area contributed by atoms with Crippen molar-refractivity contribution >= 4 is 27.6 Å². The number of carbonyl (C=O) groups is 2. The summed E-state index contributed by atoms with van der Waals surface area (Å²) < 4.78 is 42.5. The Kier molecular flexibility index (Phi) is 8.62. The maximum absolute atomic E-state index is 12.9. The molecule has 2 aromatic carbocycles. The predicted octanol–water partition coefficient (Wildman–Crippen LogP) is 2.84. The van der Waals surface area contributed by atoms with Crippen molar-refractivity contribution in [1.29, 1.82) is 0 Å². The minimum atomic E-state index is -3.70. The van der Waals surface area contributed by atoms with Gasteiger partial charge in [0.25, 0.3) is 5.91 Å². The van der Waals surface area contributed by atoms with Crippen molar-refractivity contribution in [3.63, 3.8) is 0 Å². The summed E-state index contributed by atoms with van der Waals surface area (Å²) in [6, 6.07) is 9.39. The Morgan fingerprint density at radius 1 is 1.00 bits per heavy atom. The molecule has 0 unspecified atom stereocenters. The number of esters is 1. The van der Waals surface area contributed by atoms with Crippen LogP contribution in [0.3, 0.4) is 0 Å². The van der Waals surface area contributed by atoms with Crippen molar-refractivity contribution in [3.05, 3.63) is 47.5 Å². The minimum absolute atomic E-state index is 0.0632. The summed E-state index contributed by atoms with van der Waals surface area (Å²) in [5.41, 5.74) is 0.898. The number of aryl methyl sites for hydroxylation is 1. The number of hydrogen-bond donors (Lipinski definition) is 1. The molecule has 1 amide bonds. The number of nitrogens with zero attached hydrogens (tertiary/aromatic N) is 1. The molecule has 1 N–H and O–H groups in total. The lowest BCUT2D eigenvalue weighted by atomic mass is 10.2. The van der Waals surface area contributed by atoms with E-state index in [-0.39, 0.29) is 27.6 Å². The lowest BCUT2D eigenvalue weighted by Gasteiger charge is -2.20. The van der Waals surface area contributed by atoms with Crippen LogP contribution in [-0.4, -0.2) is 58.5 Å². The van der Waals surface area contributed by atoms with Gasteiger partial charge < -0.3 is 19.5 Å². The molecule has 0 bridgehead atoms. The number of anilines is 1. The number of rotatable bonds is 10. The maximum Gasteiger partial charge on any atom is 0.346 e. The van der Waals surface area contributed by atoms with Crippen LogP contribution in [0.5, 0.6) is 11.5 Å². The molecule has 10 heteroatoms. The van der Waals surface area contributed by atoms with Gasteiger partial charge >= 0.3 is 5.97 Å². The van der Waals surface area contributed by atoms with Gasteiger partial charge in [0.15, 0.2) is 6.61 Å². The molecule has 2 rings (SSSR count). The normalized spacial score (nSPS) is 11.2. The van der Waals surface area contributed by atoms with E-state index in [2.05, 4.69) is 5.32 Å². The van der Waals surface area contributed by atoms with Gasteiger partial charge in [-0.15, -0.1) is 0 Å². The van der Waals surface area contributed by atoms with Crippen LogP contribution < -0.4 is 14.8 Å².